The largest absolute Gasteiger partial charge is 0.543 e. The lowest BCUT2D eigenvalue weighted by molar-refractivity contribution is 0.480. The Bertz CT molecular complexity index is 908. The maximum atomic E-state index is 14.1. The lowest BCUT2D eigenvalue weighted by Gasteiger charge is -2.42. The molecule has 3 rings (SSSR count). The van der Waals surface area contributed by atoms with E-state index in [1.807, 2.05) is 18.2 Å². The van der Waals surface area contributed by atoms with Gasteiger partial charge < -0.3 is 4.43 Å². The molecule has 3 aromatic carbocycles. The molecule has 0 spiro atoms. The molecule has 0 N–H and O–H groups in total. The third-order valence-corrected chi connectivity index (χ3v) is 11.8. The van der Waals surface area contributed by atoms with Crippen LogP contribution in [-0.4, -0.2) is 8.32 Å². The Balaban J connectivity index is 2.09. The Labute approximate surface area is 157 Å². The normalized spacial score (nSPS) is 12.7. The van der Waals surface area contributed by atoms with Crippen molar-refractivity contribution in [2.75, 3.05) is 0 Å². The molecule has 138 valence electrons. The number of benzene rings is 3. The first-order valence-electron chi connectivity index (χ1n) is 9.56. The minimum Gasteiger partial charge on any atom is -0.543 e. The van der Waals surface area contributed by atoms with Crippen LogP contribution in [0.1, 0.15) is 41.5 Å². The van der Waals surface area contributed by atoms with Gasteiger partial charge in [-0.2, -0.15) is 0 Å². The molecule has 0 aliphatic rings. The predicted molar refractivity (Wildman–Crippen MR) is 113 cm³/mol. The highest BCUT2D eigenvalue weighted by molar-refractivity contribution is 6.78. The van der Waals surface area contributed by atoms with Crippen molar-refractivity contribution in [2.45, 2.75) is 58.2 Å². The Morgan fingerprint density at radius 3 is 2.00 bits per heavy atom. The minimum absolute atomic E-state index is 0.171. The van der Waals surface area contributed by atoms with E-state index in [1.165, 1.54) is 6.07 Å². The highest BCUT2D eigenvalue weighted by Crippen LogP contribution is 2.43. The summed E-state index contributed by atoms with van der Waals surface area (Å²) in [5.41, 5.74) is 1.59. The van der Waals surface area contributed by atoms with Crippen molar-refractivity contribution in [3.8, 4) is 5.75 Å². The molecule has 0 fully saturated rings. The zero-order chi connectivity index (χ0) is 19.1. The molecule has 0 radical (unpaired) electrons. The number of rotatable bonds is 5. The van der Waals surface area contributed by atoms with Crippen LogP contribution in [0.25, 0.3) is 21.5 Å². The summed E-state index contributed by atoms with van der Waals surface area (Å²) in [5, 5.41) is 3.74. The molecule has 3 heteroatoms. The van der Waals surface area contributed by atoms with Gasteiger partial charge in [0.15, 0.2) is 0 Å². The van der Waals surface area contributed by atoms with Gasteiger partial charge in [-0.3, -0.25) is 0 Å². The van der Waals surface area contributed by atoms with Crippen LogP contribution in [-0.2, 0) is 0 Å². The molecule has 0 atom stereocenters. The second kappa shape index (κ2) is 7.03. The van der Waals surface area contributed by atoms with Crippen LogP contribution in [0.3, 0.4) is 0 Å². The standard InChI is InChI=1S/C23H29FOSi/c1-15(2)26(16(3)4,17(5)6)25-21-11-10-18-14-22-19(12-20(18)13-21)8-7-9-23(22)24/h7-17H,1-6H3. The van der Waals surface area contributed by atoms with E-state index in [-0.39, 0.29) is 5.82 Å². The van der Waals surface area contributed by atoms with Crippen LogP contribution in [0.5, 0.6) is 5.75 Å². The van der Waals surface area contributed by atoms with Crippen molar-refractivity contribution in [1.82, 2.24) is 0 Å². The lowest BCUT2D eigenvalue weighted by Crippen LogP contribution is -2.50. The molecule has 0 bridgehead atoms. The van der Waals surface area contributed by atoms with Crippen LogP contribution >= 0.6 is 0 Å². The Hall–Kier alpha value is -1.87. The van der Waals surface area contributed by atoms with Crippen LogP contribution < -0.4 is 4.43 Å². The van der Waals surface area contributed by atoms with Gasteiger partial charge in [-0.15, -0.1) is 0 Å². The summed E-state index contributed by atoms with van der Waals surface area (Å²) in [5.74, 6) is 0.770. The van der Waals surface area contributed by atoms with E-state index in [4.69, 9.17) is 4.43 Å². The first-order chi connectivity index (χ1) is 12.3. The molecule has 0 aliphatic heterocycles. The van der Waals surface area contributed by atoms with Crippen LogP contribution in [0, 0.1) is 5.82 Å². The summed E-state index contributed by atoms with van der Waals surface area (Å²) < 4.78 is 20.9. The van der Waals surface area contributed by atoms with Crippen LogP contribution in [0.2, 0.25) is 16.6 Å². The fourth-order valence-corrected chi connectivity index (χ4v) is 9.83. The van der Waals surface area contributed by atoms with Crippen molar-refractivity contribution in [2.24, 2.45) is 0 Å². The second-order valence-electron chi connectivity index (χ2n) is 8.24. The number of halogens is 1. The van der Waals surface area contributed by atoms with E-state index in [1.54, 1.807) is 6.07 Å². The third-order valence-electron chi connectivity index (χ3n) is 5.76. The molecular formula is C23H29FOSi. The smallest absolute Gasteiger partial charge is 0.258 e. The first-order valence-corrected chi connectivity index (χ1v) is 11.7. The second-order valence-corrected chi connectivity index (χ2v) is 13.6. The summed E-state index contributed by atoms with van der Waals surface area (Å²) in [4.78, 5) is 0. The van der Waals surface area contributed by atoms with Gasteiger partial charge in [0.05, 0.1) is 0 Å². The molecule has 26 heavy (non-hydrogen) atoms. The number of hydrogen-bond donors (Lipinski definition) is 0. The fourth-order valence-electron chi connectivity index (χ4n) is 4.59. The number of fused-ring (bicyclic) bond motifs is 2. The van der Waals surface area contributed by atoms with Gasteiger partial charge in [-0.1, -0.05) is 59.7 Å². The Morgan fingerprint density at radius 1 is 0.731 bits per heavy atom. The zero-order valence-electron chi connectivity index (χ0n) is 16.6. The zero-order valence-corrected chi connectivity index (χ0v) is 17.6. The highest BCUT2D eigenvalue weighted by Gasteiger charge is 2.46. The van der Waals surface area contributed by atoms with Gasteiger partial charge in [0, 0.05) is 5.39 Å². The maximum Gasteiger partial charge on any atom is 0.258 e. The van der Waals surface area contributed by atoms with E-state index < -0.39 is 8.32 Å². The van der Waals surface area contributed by atoms with Gasteiger partial charge >= 0.3 is 0 Å². The van der Waals surface area contributed by atoms with Crippen molar-refractivity contribution in [3.63, 3.8) is 0 Å². The monoisotopic (exact) mass is 368 g/mol. The van der Waals surface area contributed by atoms with E-state index in [0.717, 1.165) is 21.9 Å². The highest BCUT2D eigenvalue weighted by atomic mass is 28.4. The predicted octanol–water partition coefficient (Wildman–Crippen LogP) is 7.69. The topological polar surface area (TPSA) is 9.23 Å². The molecule has 0 heterocycles. The Kier molecular flexibility index (Phi) is 5.11. The third kappa shape index (κ3) is 3.14. The van der Waals surface area contributed by atoms with Gasteiger partial charge in [0.1, 0.15) is 11.6 Å². The van der Waals surface area contributed by atoms with E-state index in [2.05, 4.69) is 59.7 Å². The van der Waals surface area contributed by atoms with Crippen LogP contribution in [0.15, 0.2) is 48.5 Å². The molecule has 0 saturated heterocycles. The van der Waals surface area contributed by atoms with Gasteiger partial charge in [-0.05, 0) is 63.1 Å². The molecule has 0 saturated carbocycles. The molecule has 0 aliphatic carbocycles. The summed E-state index contributed by atoms with van der Waals surface area (Å²) in [7, 11) is -1.98. The quantitative estimate of drug-likeness (QED) is 0.331. The van der Waals surface area contributed by atoms with E-state index >= 15 is 0 Å². The number of hydrogen-bond acceptors (Lipinski definition) is 1. The van der Waals surface area contributed by atoms with Crippen LogP contribution in [0.4, 0.5) is 4.39 Å². The lowest BCUT2D eigenvalue weighted by atomic mass is 10.0. The molecular weight excluding hydrogens is 339 g/mol. The fraction of sp³-hybridized carbons (Fsp3) is 0.391. The van der Waals surface area contributed by atoms with Crippen molar-refractivity contribution in [3.05, 3.63) is 54.3 Å². The average Bonchev–Trinajstić information content (AvgIpc) is 2.57. The van der Waals surface area contributed by atoms with Crippen molar-refractivity contribution < 1.29 is 8.82 Å². The van der Waals surface area contributed by atoms with Gasteiger partial charge in [-0.25, -0.2) is 4.39 Å². The van der Waals surface area contributed by atoms with Crippen molar-refractivity contribution >= 4 is 29.9 Å². The SMILES string of the molecule is CC(C)[Si](Oc1ccc2cc3c(F)cccc3cc2c1)(C(C)C)C(C)C. The van der Waals surface area contributed by atoms with E-state index in [9.17, 15) is 4.39 Å². The summed E-state index contributed by atoms with van der Waals surface area (Å²) in [6, 6.07) is 15.4. The van der Waals surface area contributed by atoms with E-state index in [0.29, 0.717) is 22.0 Å². The summed E-state index contributed by atoms with van der Waals surface area (Å²) >= 11 is 0. The molecule has 0 aromatic heterocycles. The van der Waals surface area contributed by atoms with Crippen molar-refractivity contribution in [1.29, 1.82) is 0 Å². The van der Waals surface area contributed by atoms with Gasteiger partial charge in [0.2, 0.25) is 0 Å². The Morgan fingerprint density at radius 2 is 1.38 bits per heavy atom. The molecule has 1 nitrogen and oxygen atoms in total. The average molecular weight is 369 g/mol. The summed E-state index contributed by atoms with van der Waals surface area (Å²) in [6.07, 6.45) is 0. The maximum absolute atomic E-state index is 14.1. The summed E-state index contributed by atoms with van der Waals surface area (Å²) in [6.45, 7) is 13.8. The first kappa shape index (κ1) is 18.9. The van der Waals surface area contributed by atoms with Gasteiger partial charge in [0.25, 0.3) is 8.32 Å². The minimum atomic E-state index is -1.98. The molecule has 3 aromatic rings. The molecule has 0 amide bonds. The molecule has 0 unspecified atom stereocenters.